The lowest BCUT2D eigenvalue weighted by Crippen LogP contribution is -2.28. The van der Waals surface area contributed by atoms with Gasteiger partial charge in [-0.05, 0) is 44.2 Å². The molecule has 11 heteroatoms. The summed E-state index contributed by atoms with van der Waals surface area (Å²) < 4.78 is 64.1. The van der Waals surface area contributed by atoms with Crippen LogP contribution in [-0.2, 0) is 10.0 Å². The van der Waals surface area contributed by atoms with E-state index in [0.29, 0.717) is 5.52 Å². The Bertz CT molecular complexity index is 1470. The first kappa shape index (κ1) is 22.7. The molecule has 0 fully saturated rings. The second-order valence-corrected chi connectivity index (χ2v) is 9.58. The van der Waals surface area contributed by atoms with Crippen LogP contribution in [0.25, 0.3) is 11.0 Å². The van der Waals surface area contributed by atoms with Gasteiger partial charge in [0.15, 0.2) is 0 Å². The fraction of sp³-hybridized carbons (Fsp3) is 0.136. The van der Waals surface area contributed by atoms with Crippen molar-refractivity contribution < 1.29 is 22.0 Å². The molecule has 0 spiro atoms. The van der Waals surface area contributed by atoms with Crippen LogP contribution in [0.3, 0.4) is 0 Å². The third-order valence-electron chi connectivity index (χ3n) is 4.98. The highest BCUT2D eigenvalue weighted by Gasteiger charge is 2.23. The van der Waals surface area contributed by atoms with E-state index >= 15 is 0 Å². The quantitative estimate of drug-likeness (QED) is 0.414. The van der Waals surface area contributed by atoms with Gasteiger partial charge in [0.05, 0.1) is 29.0 Å². The van der Waals surface area contributed by atoms with Crippen LogP contribution in [0, 0.1) is 18.6 Å². The summed E-state index contributed by atoms with van der Waals surface area (Å²) in [5, 5.41) is 2.63. The number of carbonyl (C=O) groups is 1. The largest absolute Gasteiger partial charge is 0.345 e. The van der Waals surface area contributed by atoms with Crippen LogP contribution in [0.2, 0.25) is 0 Å². The Morgan fingerprint density at radius 3 is 2.61 bits per heavy atom. The first-order valence-corrected chi connectivity index (χ1v) is 12.0. The fourth-order valence-corrected chi connectivity index (χ4v) is 5.19. The van der Waals surface area contributed by atoms with Crippen molar-refractivity contribution in [1.82, 2.24) is 14.1 Å². The van der Waals surface area contributed by atoms with E-state index in [4.69, 9.17) is 0 Å². The molecule has 1 heterocycles. The Balaban J connectivity index is 1.65. The molecule has 0 aliphatic carbocycles. The number of hydrogen-bond acceptors (Lipinski definition) is 6. The molecule has 7 nitrogen and oxygen atoms in total. The second-order valence-electron chi connectivity index (χ2n) is 7.40. The van der Waals surface area contributed by atoms with Gasteiger partial charge in [-0.3, -0.25) is 9.52 Å². The summed E-state index contributed by atoms with van der Waals surface area (Å²) in [7, 11) is -4.10. The highest BCUT2D eigenvalue weighted by atomic mass is 32.2. The minimum atomic E-state index is -4.10. The molecule has 33 heavy (non-hydrogen) atoms. The van der Waals surface area contributed by atoms with Crippen LogP contribution in [0.15, 0.2) is 59.5 Å². The molecule has 0 aliphatic heterocycles. The van der Waals surface area contributed by atoms with Gasteiger partial charge in [-0.25, -0.2) is 17.2 Å². The number of benzene rings is 3. The number of halogens is 2. The van der Waals surface area contributed by atoms with Gasteiger partial charge < -0.3 is 5.32 Å². The van der Waals surface area contributed by atoms with Gasteiger partial charge >= 0.3 is 0 Å². The lowest BCUT2D eigenvalue weighted by Gasteiger charge is -2.18. The topological polar surface area (TPSA) is 101 Å². The molecule has 4 aromatic rings. The number of anilines is 1. The summed E-state index contributed by atoms with van der Waals surface area (Å²) in [6.45, 7) is 3.30. The van der Waals surface area contributed by atoms with E-state index in [9.17, 15) is 22.0 Å². The van der Waals surface area contributed by atoms with Crippen molar-refractivity contribution in [3.63, 3.8) is 0 Å². The SMILES string of the molecule is Cc1ccc(NS(=O)(=O)c2cccc3nsnc23)c(C(=O)N[C@H](C)c2ccc(F)cc2F)c1. The summed E-state index contributed by atoms with van der Waals surface area (Å²) in [5.74, 6) is -2.14. The van der Waals surface area contributed by atoms with E-state index < -0.39 is 33.6 Å². The Hall–Kier alpha value is -3.44. The molecule has 170 valence electrons. The van der Waals surface area contributed by atoms with Crippen molar-refractivity contribution in [2.75, 3.05) is 4.72 Å². The molecule has 0 radical (unpaired) electrons. The number of sulfonamides is 1. The number of hydrogen-bond donors (Lipinski definition) is 2. The normalized spacial score (nSPS) is 12.5. The Morgan fingerprint density at radius 2 is 1.85 bits per heavy atom. The molecule has 4 rings (SSSR count). The van der Waals surface area contributed by atoms with E-state index in [1.165, 1.54) is 24.3 Å². The molecule has 0 saturated carbocycles. The number of carbonyl (C=O) groups excluding carboxylic acids is 1. The van der Waals surface area contributed by atoms with Gasteiger partial charge in [-0.2, -0.15) is 8.75 Å². The summed E-state index contributed by atoms with van der Waals surface area (Å²) in [6, 6.07) is 11.5. The zero-order chi connectivity index (χ0) is 23.8. The van der Waals surface area contributed by atoms with Crippen LogP contribution in [-0.4, -0.2) is 23.1 Å². The van der Waals surface area contributed by atoms with Gasteiger partial charge in [-0.15, -0.1) is 0 Å². The molecule has 1 amide bonds. The van der Waals surface area contributed by atoms with Crippen molar-refractivity contribution in [3.05, 3.63) is 82.9 Å². The first-order valence-electron chi connectivity index (χ1n) is 9.76. The third-order valence-corrected chi connectivity index (χ3v) is 6.92. The maximum Gasteiger partial charge on any atom is 0.264 e. The van der Waals surface area contributed by atoms with Crippen LogP contribution in [0.4, 0.5) is 14.5 Å². The monoisotopic (exact) mass is 488 g/mol. The van der Waals surface area contributed by atoms with Crippen molar-refractivity contribution in [2.24, 2.45) is 0 Å². The van der Waals surface area contributed by atoms with Crippen LogP contribution < -0.4 is 10.0 Å². The van der Waals surface area contributed by atoms with E-state index in [2.05, 4.69) is 18.8 Å². The smallest absolute Gasteiger partial charge is 0.264 e. The van der Waals surface area contributed by atoms with Crippen molar-refractivity contribution >= 4 is 44.4 Å². The highest BCUT2D eigenvalue weighted by molar-refractivity contribution is 7.93. The number of nitrogens with zero attached hydrogens (tertiary/aromatic N) is 2. The molecule has 0 aliphatic rings. The predicted molar refractivity (Wildman–Crippen MR) is 122 cm³/mol. The number of fused-ring (bicyclic) bond motifs is 1. The maximum absolute atomic E-state index is 14.1. The summed E-state index contributed by atoms with van der Waals surface area (Å²) in [5.41, 5.74) is 1.59. The maximum atomic E-state index is 14.1. The van der Waals surface area contributed by atoms with Crippen molar-refractivity contribution in [1.29, 1.82) is 0 Å². The zero-order valence-corrected chi connectivity index (χ0v) is 19.1. The number of aryl methyl sites for hydroxylation is 1. The Kier molecular flexibility index (Phi) is 6.09. The van der Waals surface area contributed by atoms with E-state index in [0.717, 1.165) is 29.4 Å². The fourth-order valence-electron chi connectivity index (χ4n) is 3.34. The molecular formula is C22H18F2N4O3S2. The number of aromatic nitrogens is 2. The van der Waals surface area contributed by atoms with Gasteiger partial charge in [0.1, 0.15) is 27.6 Å². The van der Waals surface area contributed by atoms with Gasteiger partial charge in [0.25, 0.3) is 15.9 Å². The van der Waals surface area contributed by atoms with Crippen LogP contribution in [0.1, 0.15) is 34.5 Å². The molecule has 2 N–H and O–H groups in total. The van der Waals surface area contributed by atoms with Crippen molar-refractivity contribution in [3.8, 4) is 0 Å². The lowest BCUT2D eigenvalue weighted by molar-refractivity contribution is 0.0940. The number of rotatable bonds is 6. The molecular weight excluding hydrogens is 470 g/mol. The summed E-state index contributed by atoms with van der Waals surface area (Å²) >= 11 is 0.896. The van der Waals surface area contributed by atoms with Gasteiger partial charge in [-0.1, -0.05) is 23.8 Å². The Labute approximate surface area is 192 Å². The lowest BCUT2D eigenvalue weighted by atomic mass is 10.1. The average molecular weight is 489 g/mol. The van der Waals surface area contributed by atoms with Crippen LogP contribution >= 0.6 is 11.7 Å². The molecule has 0 unspecified atom stereocenters. The van der Waals surface area contributed by atoms with Gasteiger partial charge in [0, 0.05) is 11.6 Å². The minimum absolute atomic E-state index is 0.0464. The van der Waals surface area contributed by atoms with E-state index in [1.807, 2.05) is 0 Å². The minimum Gasteiger partial charge on any atom is -0.345 e. The summed E-state index contributed by atoms with van der Waals surface area (Å²) in [4.78, 5) is 12.9. The highest BCUT2D eigenvalue weighted by Crippen LogP contribution is 2.27. The molecule has 0 saturated heterocycles. The molecule has 1 atom stereocenters. The first-order chi connectivity index (χ1) is 15.7. The van der Waals surface area contributed by atoms with Crippen LogP contribution in [0.5, 0.6) is 0 Å². The molecule has 1 aromatic heterocycles. The molecule has 3 aromatic carbocycles. The second kappa shape index (κ2) is 8.83. The number of amides is 1. The zero-order valence-electron chi connectivity index (χ0n) is 17.5. The average Bonchev–Trinajstić information content (AvgIpc) is 3.23. The number of nitrogens with one attached hydrogen (secondary N) is 2. The standard InChI is InChI=1S/C22H18F2N4O3S2/c1-12-6-9-18(28-33(30,31)20-5-3-4-19-21(20)27-32-26-19)16(10-12)22(29)25-13(2)15-8-7-14(23)11-17(15)24/h3-11,13,28H,1-2H3,(H,25,29)/t13-/m1/s1. The summed E-state index contributed by atoms with van der Waals surface area (Å²) in [6.07, 6.45) is 0. The molecule has 0 bridgehead atoms. The van der Waals surface area contributed by atoms with Crippen molar-refractivity contribution in [2.45, 2.75) is 24.8 Å². The predicted octanol–water partition coefficient (Wildman–Crippen LogP) is 4.57. The van der Waals surface area contributed by atoms with E-state index in [1.54, 1.807) is 32.0 Å². The van der Waals surface area contributed by atoms with Gasteiger partial charge in [0.2, 0.25) is 0 Å². The Morgan fingerprint density at radius 1 is 1.06 bits per heavy atom. The third kappa shape index (κ3) is 4.69. The van der Waals surface area contributed by atoms with E-state index in [-0.39, 0.29) is 27.2 Å².